The SMILES string of the molecule is CC(C)(C)OC(=O)CON=C(C(=O)NC1C(=O)N2C(C(=O)O)=C(C[n+]3ccccc3)CS[C@H]12)c1nc(NC=O)sc1Cl. The van der Waals surface area contributed by atoms with E-state index in [-0.39, 0.29) is 27.4 Å². The van der Waals surface area contributed by atoms with Crippen molar-refractivity contribution in [1.29, 1.82) is 0 Å². The molecule has 0 aromatic carbocycles. The highest BCUT2D eigenvalue weighted by Gasteiger charge is 2.55. The fraction of sp³-hybridized carbons (Fsp3) is 0.360. The summed E-state index contributed by atoms with van der Waals surface area (Å²) in [7, 11) is 0. The lowest BCUT2D eigenvalue weighted by molar-refractivity contribution is -0.689. The Bertz CT molecular complexity index is 1470. The first kappa shape index (κ1) is 30.9. The Kier molecular flexibility index (Phi) is 9.48. The van der Waals surface area contributed by atoms with Crippen LogP contribution in [-0.2, 0) is 40.1 Å². The molecule has 0 saturated carbocycles. The summed E-state index contributed by atoms with van der Waals surface area (Å²) in [4.78, 5) is 71.9. The first-order valence-corrected chi connectivity index (χ1v) is 14.6. The Hall–Kier alpha value is -4.02. The number of β-lactam (4-membered cyclic amide) rings is 1. The molecule has 4 heterocycles. The maximum absolute atomic E-state index is 13.4. The zero-order valence-electron chi connectivity index (χ0n) is 22.5. The quantitative estimate of drug-likeness (QED) is 0.0808. The minimum Gasteiger partial charge on any atom is -0.477 e. The van der Waals surface area contributed by atoms with Gasteiger partial charge in [0.2, 0.25) is 13.0 Å². The number of nitrogens with zero attached hydrogens (tertiary/aromatic N) is 4. The molecule has 222 valence electrons. The van der Waals surface area contributed by atoms with Crippen molar-refractivity contribution in [3.05, 3.63) is 51.9 Å². The van der Waals surface area contributed by atoms with Gasteiger partial charge >= 0.3 is 11.9 Å². The van der Waals surface area contributed by atoms with E-state index in [1.807, 2.05) is 18.2 Å². The number of carbonyl (C=O) groups is 5. The number of fused-ring (bicyclic) bond motifs is 1. The van der Waals surface area contributed by atoms with Gasteiger partial charge in [-0.3, -0.25) is 19.3 Å². The molecule has 14 nitrogen and oxygen atoms in total. The monoisotopic (exact) mass is 637 g/mol. The number of carboxylic acid groups (broad SMARTS) is 1. The Balaban J connectivity index is 1.54. The van der Waals surface area contributed by atoms with Crippen LogP contribution < -0.4 is 15.2 Å². The van der Waals surface area contributed by atoms with Gasteiger partial charge in [-0.2, -0.15) is 0 Å². The maximum atomic E-state index is 13.4. The van der Waals surface area contributed by atoms with E-state index in [4.69, 9.17) is 21.2 Å². The number of hydrogen-bond acceptors (Lipinski definition) is 11. The number of thioether (sulfide) groups is 1. The first-order valence-electron chi connectivity index (χ1n) is 12.3. The number of pyridine rings is 1. The van der Waals surface area contributed by atoms with E-state index in [1.165, 1.54) is 11.8 Å². The highest BCUT2D eigenvalue weighted by Crippen LogP contribution is 2.40. The number of oxime groups is 1. The molecule has 2 aliphatic rings. The van der Waals surface area contributed by atoms with E-state index in [1.54, 1.807) is 37.7 Å². The molecule has 0 bridgehead atoms. The molecule has 1 fully saturated rings. The lowest BCUT2D eigenvalue weighted by atomic mass is 10.0. The Morgan fingerprint density at radius 3 is 2.64 bits per heavy atom. The molecule has 1 saturated heterocycles. The second-order valence-corrected chi connectivity index (χ2v) is 12.6. The van der Waals surface area contributed by atoms with E-state index < -0.39 is 53.1 Å². The summed E-state index contributed by atoms with van der Waals surface area (Å²) in [6, 6.07) is 4.36. The summed E-state index contributed by atoms with van der Waals surface area (Å²) in [5, 5.41) is 17.9. The fourth-order valence-corrected chi connectivity index (χ4v) is 6.39. The van der Waals surface area contributed by atoms with E-state index in [2.05, 4.69) is 20.8 Å². The molecule has 2 atom stereocenters. The Morgan fingerprint density at radius 1 is 1.29 bits per heavy atom. The van der Waals surface area contributed by atoms with Crippen molar-refractivity contribution in [1.82, 2.24) is 15.2 Å². The zero-order chi connectivity index (χ0) is 30.6. The number of hydrogen-bond donors (Lipinski definition) is 3. The van der Waals surface area contributed by atoms with Gasteiger partial charge in [0.05, 0.1) is 0 Å². The first-order chi connectivity index (χ1) is 19.9. The molecule has 1 unspecified atom stereocenters. The normalized spacial score (nSPS) is 18.5. The van der Waals surface area contributed by atoms with Gasteiger partial charge in [-0.15, -0.1) is 11.8 Å². The number of amides is 3. The predicted molar refractivity (Wildman–Crippen MR) is 151 cm³/mol. The number of nitrogens with one attached hydrogen (secondary N) is 2. The number of carbonyl (C=O) groups excluding carboxylic acids is 4. The highest BCUT2D eigenvalue weighted by atomic mass is 35.5. The van der Waals surface area contributed by atoms with Crippen molar-refractivity contribution in [2.45, 2.75) is 44.3 Å². The molecule has 0 radical (unpaired) electrons. The lowest BCUT2D eigenvalue weighted by Crippen LogP contribution is -2.71. The van der Waals surface area contributed by atoms with E-state index in [9.17, 15) is 29.1 Å². The van der Waals surface area contributed by atoms with Gasteiger partial charge < -0.3 is 25.3 Å². The van der Waals surface area contributed by atoms with Crippen LogP contribution >= 0.6 is 34.7 Å². The summed E-state index contributed by atoms with van der Waals surface area (Å²) >= 11 is 8.39. The van der Waals surface area contributed by atoms with Crippen molar-refractivity contribution in [2.75, 3.05) is 17.7 Å². The van der Waals surface area contributed by atoms with Crippen LogP contribution in [0.4, 0.5) is 5.13 Å². The molecule has 3 N–H and O–H groups in total. The molecule has 2 aromatic rings. The largest absolute Gasteiger partial charge is 0.477 e. The molecule has 3 amide bonds. The number of esters is 1. The summed E-state index contributed by atoms with van der Waals surface area (Å²) in [6.45, 7) is 4.63. The molecule has 4 rings (SSSR count). The van der Waals surface area contributed by atoms with Crippen LogP contribution in [0.2, 0.25) is 4.34 Å². The van der Waals surface area contributed by atoms with Gasteiger partial charge in [-0.05, 0) is 20.8 Å². The Morgan fingerprint density at radius 2 is 2.00 bits per heavy atom. The van der Waals surface area contributed by atoms with E-state index in [0.29, 0.717) is 17.7 Å². The number of aromatic nitrogens is 2. The number of anilines is 1. The second-order valence-electron chi connectivity index (χ2n) is 9.87. The van der Waals surface area contributed by atoms with Crippen molar-refractivity contribution in [2.24, 2.45) is 5.16 Å². The summed E-state index contributed by atoms with van der Waals surface area (Å²) in [5.41, 5.74) is -1.01. The minimum absolute atomic E-state index is 0.0260. The highest BCUT2D eigenvalue weighted by molar-refractivity contribution is 8.00. The van der Waals surface area contributed by atoms with Gasteiger partial charge in [-0.1, -0.05) is 34.2 Å². The number of halogens is 1. The van der Waals surface area contributed by atoms with Crippen LogP contribution in [0.1, 0.15) is 26.5 Å². The number of thiazole rings is 1. The molecular formula is C25H26ClN6O8S2+. The van der Waals surface area contributed by atoms with Crippen LogP contribution in [0.15, 0.2) is 47.0 Å². The fourth-order valence-electron chi connectivity index (χ4n) is 4.05. The smallest absolute Gasteiger partial charge is 0.352 e. The number of rotatable bonds is 11. The van der Waals surface area contributed by atoms with Crippen LogP contribution in [-0.4, -0.2) is 80.2 Å². The molecule has 0 spiro atoms. The lowest BCUT2D eigenvalue weighted by Gasteiger charge is -2.49. The zero-order valence-corrected chi connectivity index (χ0v) is 24.9. The molecule has 17 heteroatoms. The third kappa shape index (κ3) is 7.06. The molecule has 2 aliphatic heterocycles. The number of ether oxygens (including phenoxy) is 1. The second kappa shape index (κ2) is 12.9. The van der Waals surface area contributed by atoms with Gasteiger partial charge in [0.25, 0.3) is 11.8 Å². The van der Waals surface area contributed by atoms with Crippen LogP contribution in [0.3, 0.4) is 0 Å². The maximum Gasteiger partial charge on any atom is 0.352 e. The molecular weight excluding hydrogens is 612 g/mol. The molecule has 42 heavy (non-hydrogen) atoms. The summed E-state index contributed by atoms with van der Waals surface area (Å²) in [5.74, 6) is -3.25. The third-order valence-corrected chi connectivity index (χ3v) is 8.18. The van der Waals surface area contributed by atoms with Gasteiger partial charge in [0, 0.05) is 23.5 Å². The van der Waals surface area contributed by atoms with E-state index >= 15 is 0 Å². The number of carboxylic acids is 1. The standard InChI is InChI=1S/C25H25ClN6O8S2/c1-25(2,3)40-14(34)10-39-30-16(15-19(26)42-24(29-15)27-12-33)20(35)28-17-21(36)32-18(23(37)38)13(11-41-22(17)32)9-31-7-5-4-6-8-31/h4-8,12,17,22H,9-11H2,1-3H3,(H2-,27,28,29,33,35,37,38)/p+1/t17?,22-/m1/s1. The van der Waals surface area contributed by atoms with Crippen molar-refractivity contribution in [3.63, 3.8) is 0 Å². The van der Waals surface area contributed by atoms with Crippen molar-refractivity contribution in [3.8, 4) is 0 Å². The van der Waals surface area contributed by atoms with Crippen molar-refractivity contribution >= 4 is 75.7 Å². The summed E-state index contributed by atoms with van der Waals surface area (Å²) < 4.78 is 6.93. The van der Waals surface area contributed by atoms with Crippen molar-refractivity contribution < 1.29 is 43.2 Å². The number of aliphatic carboxylic acids is 1. The van der Waals surface area contributed by atoms with Gasteiger partial charge in [0.1, 0.15) is 32.7 Å². The molecule has 2 aromatic heterocycles. The predicted octanol–water partition coefficient (Wildman–Crippen LogP) is 1.15. The minimum atomic E-state index is -1.26. The third-order valence-electron chi connectivity index (χ3n) is 5.65. The van der Waals surface area contributed by atoms with Crippen LogP contribution in [0.5, 0.6) is 0 Å². The van der Waals surface area contributed by atoms with Gasteiger partial charge in [0.15, 0.2) is 29.8 Å². The average molecular weight is 638 g/mol. The van der Waals surface area contributed by atoms with Crippen LogP contribution in [0, 0.1) is 0 Å². The molecule has 0 aliphatic carbocycles. The van der Waals surface area contributed by atoms with Crippen LogP contribution in [0.25, 0.3) is 0 Å². The topological polar surface area (TPSA) is 180 Å². The Labute approximate surface area is 252 Å². The summed E-state index contributed by atoms with van der Waals surface area (Å²) in [6.07, 6.45) is 3.94. The van der Waals surface area contributed by atoms with E-state index in [0.717, 1.165) is 16.2 Å². The average Bonchev–Trinajstić information content (AvgIpc) is 3.28. The van der Waals surface area contributed by atoms with Gasteiger partial charge in [-0.25, -0.2) is 19.1 Å².